The Labute approximate surface area is 116 Å². The van der Waals surface area contributed by atoms with Crippen molar-refractivity contribution in [1.29, 1.82) is 0 Å². The minimum atomic E-state index is 0.639. The lowest BCUT2D eigenvalue weighted by Gasteiger charge is -2.05. The molecule has 1 aromatic heterocycles. The third-order valence-corrected chi connectivity index (χ3v) is 3.92. The Morgan fingerprint density at radius 2 is 1.94 bits per heavy atom. The van der Waals surface area contributed by atoms with E-state index in [9.17, 15) is 0 Å². The summed E-state index contributed by atoms with van der Waals surface area (Å²) in [6.07, 6.45) is 1.90. The van der Waals surface area contributed by atoms with Crippen LogP contribution in [0.15, 0.2) is 28.9 Å². The molecule has 0 aliphatic carbocycles. The van der Waals surface area contributed by atoms with Crippen LogP contribution in [0.2, 0.25) is 0 Å². The molecule has 1 heterocycles. The molecule has 0 aliphatic heterocycles. The minimum absolute atomic E-state index is 0.639. The summed E-state index contributed by atoms with van der Waals surface area (Å²) in [6.45, 7) is 4.81. The second kappa shape index (κ2) is 5.67. The average molecular weight is 308 g/mol. The summed E-state index contributed by atoms with van der Waals surface area (Å²) in [4.78, 5) is 0. The van der Waals surface area contributed by atoms with E-state index in [1.807, 2.05) is 11.6 Å². The van der Waals surface area contributed by atoms with E-state index in [2.05, 4.69) is 52.2 Å². The molecule has 1 aromatic carbocycles. The molecule has 0 saturated heterocycles. The van der Waals surface area contributed by atoms with Gasteiger partial charge in [-0.05, 0) is 59.9 Å². The molecule has 0 unspecified atom stereocenters. The summed E-state index contributed by atoms with van der Waals surface area (Å²) in [5.41, 5.74) is 10.3. The zero-order chi connectivity index (χ0) is 13.1. The monoisotopic (exact) mass is 307 g/mol. The molecule has 2 aromatic rings. The van der Waals surface area contributed by atoms with Crippen LogP contribution in [0, 0.1) is 6.92 Å². The van der Waals surface area contributed by atoms with Crippen LogP contribution in [0.4, 0.5) is 0 Å². The van der Waals surface area contributed by atoms with Gasteiger partial charge in [0.05, 0.1) is 11.4 Å². The van der Waals surface area contributed by atoms with E-state index in [4.69, 9.17) is 5.73 Å². The third kappa shape index (κ3) is 2.49. The Hall–Kier alpha value is -1.13. The first-order chi connectivity index (χ1) is 8.67. The van der Waals surface area contributed by atoms with Crippen molar-refractivity contribution in [1.82, 2.24) is 9.78 Å². The largest absolute Gasteiger partial charge is 0.330 e. The lowest BCUT2D eigenvalue weighted by molar-refractivity contribution is 0.843. The predicted octanol–water partition coefficient (Wildman–Crippen LogP) is 3.01. The highest BCUT2D eigenvalue weighted by atomic mass is 79.9. The van der Waals surface area contributed by atoms with E-state index in [0.29, 0.717) is 6.54 Å². The van der Waals surface area contributed by atoms with Crippen LogP contribution in [0.3, 0.4) is 0 Å². The fourth-order valence-electron chi connectivity index (χ4n) is 2.00. The van der Waals surface area contributed by atoms with Crippen LogP contribution in [-0.4, -0.2) is 16.3 Å². The van der Waals surface area contributed by atoms with Gasteiger partial charge < -0.3 is 5.73 Å². The first-order valence-electron chi connectivity index (χ1n) is 6.20. The molecule has 2 rings (SSSR count). The number of rotatable bonds is 4. The zero-order valence-electron chi connectivity index (χ0n) is 10.8. The van der Waals surface area contributed by atoms with Crippen LogP contribution < -0.4 is 5.73 Å². The van der Waals surface area contributed by atoms with Crippen molar-refractivity contribution >= 4 is 15.9 Å². The van der Waals surface area contributed by atoms with Crippen LogP contribution in [0.1, 0.15) is 23.7 Å². The second-order valence-electron chi connectivity index (χ2n) is 4.33. The summed E-state index contributed by atoms with van der Waals surface area (Å²) in [6, 6.07) is 8.48. The number of hydrogen-bond acceptors (Lipinski definition) is 2. The van der Waals surface area contributed by atoms with Gasteiger partial charge in [-0.25, -0.2) is 4.68 Å². The number of nitrogens with zero attached hydrogens (tertiary/aromatic N) is 2. The molecule has 3 nitrogen and oxygen atoms in total. The standard InChI is InChI=1S/C14H18BrN3/c1-3-11-4-6-12(7-5-11)18-14(15)13(8-9-16)10(2)17-18/h4-7H,3,8-9,16H2,1-2H3. The first kappa shape index (κ1) is 13.3. The van der Waals surface area contributed by atoms with Gasteiger partial charge in [0, 0.05) is 5.56 Å². The quantitative estimate of drug-likeness (QED) is 0.943. The number of nitrogens with two attached hydrogens (primary N) is 1. The molecule has 18 heavy (non-hydrogen) atoms. The maximum atomic E-state index is 5.63. The van der Waals surface area contributed by atoms with Crippen molar-refractivity contribution < 1.29 is 0 Å². The molecular weight excluding hydrogens is 290 g/mol. The highest BCUT2D eigenvalue weighted by Crippen LogP contribution is 2.24. The molecule has 0 radical (unpaired) electrons. The molecule has 96 valence electrons. The van der Waals surface area contributed by atoms with Crippen molar-refractivity contribution in [3.05, 3.63) is 45.7 Å². The highest BCUT2D eigenvalue weighted by molar-refractivity contribution is 9.10. The normalized spacial score (nSPS) is 10.9. The van der Waals surface area contributed by atoms with Crippen LogP contribution in [-0.2, 0) is 12.8 Å². The molecule has 4 heteroatoms. The summed E-state index contributed by atoms with van der Waals surface area (Å²) < 4.78 is 2.94. The smallest absolute Gasteiger partial charge is 0.113 e. The van der Waals surface area contributed by atoms with E-state index in [0.717, 1.165) is 28.8 Å². The number of aryl methyl sites for hydroxylation is 2. The lowest BCUT2D eigenvalue weighted by atomic mass is 10.1. The maximum absolute atomic E-state index is 5.63. The number of hydrogen-bond donors (Lipinski definition) is 1. The fourth-order valence-corrected chi connectivity index (χ4v) is 2.77. The summed E-state index contributed by atoms with van der Waals surface area (Å²) in [7, 11) is 0. The van der Waals surface area contributed by atoms with E-state index in [-0.39, 0.29) is 0 Å². The lowest BCUT2D eigenvalue weighted by Crippen LogP contribution is -2.03. The van der Waals surface area contributed by atoms with Gasteiger partial charge in [0.1, 0.15) is 4.60 Å². The maximum Gasteiger partial charge on any atom is 0.113 e. The number of halogens is 1. The van der Waals surface area contributed by atoms with Crippen LogP contribution in [0.5, 0.6) is 0 Å². The minimum Gasteiger partial charge on any atom is -0.330 e. The Balaban J connectivity index is 2.40. The van der Waals surface area contributed by atoms with Gasteiger partial charge >= 0.3 is 0 Å². The third-order valence-electron chi connectivity index (χ3n) is 3.11. The Morgan fingerprint density at radius 3 is 2.50 bits per heavy atom. The molecule has 2 N–H and O–H groups in total. The van der Waals surface area contributed by atoms with Crippen molar-refractivity contribution in [2.45, 2.75) is 26.7 Å². The molecule has 0 atom stereocenters. The van der Waals surface area contributed by atoms with E-state index < -0.39 is 0 Å². The molecule has 0 bridgehead atoms. The van der Waals surface area contributed by atoms with Crippen molar-refractivity contribution in [2.24, 2.45) is 5.73 Å². The second-order valence-corrected chi connectivity index (χ2v) is 5.08. The predicted molar refractivity (Wildman–Crippen MR) is 78.1 cm³/mol. The van der Waals surface area contributed by atoms with Gasteiger partial charge in [-0.1, -0.05) is 19.1 Å². The summed E-state index contributed by atoms with van der Waals surface area (Å²) in [5, 5.41) is 4.57. The average Bonchev–Trinajstić information content (AvgIpc) is 2.67. The van der Waals surface area contributed by atoms with E-state index in [1.165, 1.54) is 11.1 Å². The van der Waals surface area contributed by atoms with Gasteiger partial charge in [0.2, 0.25) is 0 Å². The number of benzene rings is 1. The molecular formula is C14H18BrN3. The Bertz CT molecular complexity index is 529. The molecule has 0 spiro atoms. The SMILES string of the molecule is CCc1ccc(-n2nc(C)c(CCN)c2Br)cc1. The van der Waals surface area contributed by atoms with Gasteiger partial charge in [-0.15, -0.1) is 0 Å². The topological polar surface area (TPSA) is 43.8 Å². The van der Waals surface area contributed by atoms with Gasteiger partial charge in [0.25, 0.3) is 0 Å². The fraction of sp³-hybridized carbons (Fsp3) is 0.357. The van der Waals surface area contributed by atoms with Crippen molar-refractivity contribution in [3.8, 4) is 5.69 Å². The Morgan fingerprint density at radius 1 is 1.28 bits per heavy atom. The number of aromatic nitrogens is 2. The van der Waals surface area contributed by atoms with Gasteiger partial charge in [-0.3, -0.25) is 0 Å². The highest BCUT2D eigenvalue weighted by Gasteiger charge is 2.13. The molecule has 0 aliphatic rings. The van der Waals surface area contributed by atoms with E-state index in [1.54, 1.807) is 0 Å². The summed E-state index contributed by atoms with van der Waals surface area (Å²) in [5.74, 6) is 0. The van der Waals surface area contributed by atoms with Crippen molar-refractivity contribution in [3.63, 3.8) is 0 Å². The first-order valence-corrected chi connectivity index (χ1v) is 7.00. The zero-order valence-corrected chi connectivity index (χ0v) is 12.4. The molecule has 0 saturated carbocycles. The van der Waals surface area contributed by atoms with Gasteiger partial charge in [0.15, 0.2) is 0 Å². The van der Waals surface area contributed by atoms with Crippen LogP contribution >= 0.6 is 15.9 Å². The van der Waals surface area contributed by atoms with Gasteiger partial charge in [-0.2, -0.15) is 5.10 Å². The Kier molecular flexibility index (Phi) is 4.19. The van der Waals surface area contributed by atoms with Crippen molar-refractivity contribution in [2.75, 3.05) is 6.54 Å². The summed E-state index contributed by atoms with van der Waals surface area (Å²) >= 11 is 3.62. The molecule has 0 fully saturated rings. The van der Waals surface area contributed by atoms with E-state index >= 15 is 0 Å². The molecule has 0 amide bonds. The van der Waals surface area contributed by atoms with Crippen LogP contribution in [0.25, 0.3) is 5.69 Å².